The molecule has 2 fully saturated rings. The predicted octanol–water partition coefficient (Wildman–Crippen LogP) is 5.43. The highest BCUT2D eigenvalue weighted by Crippen LogP contribution is 2.29. The summed E-state index contributed by atoms with van der Waals surface area (Å²) in [6.45, 7) is 4.66. The summed E-state index contributed by atoms with van der Waals surface area (Å²) in [6, 6.07) is 2.35. The fourth-order valence-corrected chi connectivity index (χ4v) is 4.41. The molecular weight excluding hydrogens is 256 g/mol. The van der Waals surface area contributed by atoms with Crippen LogP contribution in [0.3, 0.4) is 0 Å². The molecular formula is C19H38N2. The van der Waals surface area contributed by atoms with E-state index >= 15 is 0 Å². The van der Waals surface area contributed by atoms with Gasteiger partial charge in [-0.15, -0.1) is 0 Å². The molecule has 2 saturated carbocycles. The van der Waals surface area contributed by atoms with Gasteiger partial charge in [0.1, 0.15) is 0 Å². The predicted molar refractivity (Wildman–Crippen MR) is 92.3 cm³/mol. The topological polar surface area (TPSA) is 15.3 Å². The Hall–Kier alpha value is -0.0800. The van der Waals surface area contributed by atoms with Crippen LogP contribution in [0, 0.1) is 0 Å². The minimum Gasteiger partial charge on any atom is -0.252 e. The van der Waals surface area contributed by atoms with Gasteiger partial charge in [0, 0.05) is 18.1 Å². The van der Waals surface area contributed by atoms with E-state index in [1.54, 1.807) is 0 Å². The summed E-state index contributed by atoms with van der Waals surface area (Å²) in [5, 5.41) is 2.77. The van der Waals surface area contributed by atoms with Gasteiger partial charge in [-0.05, 0) is 38.5 Å². The molecule has 0 atom stereocenters. The zero-order valence-electron chi connectivity index (χ0n) is 14.6. The third kappa shape index (κ3) is 5.56. The first-order chi connectivity index (χ1) is 10.3. The maximum absolute atomic E-state index is 4.03. The molecule has 21 heavy (non-hydrogen) atoms. The van der Waals surface area contributed by atoms with E-state index in [9.17, 15) is 0 Å². The van der Waals surface area contributed by atoms with Crippen molar-refractivity contribution < 1.29 is 0 Å². The summed E-state index contributed by atoms with van der Waals surface area (Å²) in [7, 11) is 0. The number of hydrazine groups is 1. The maximum atomic E-state index is 4.03. The van der Waals surface area contributed by atoms with Crippen LogP contribution in [0.1, 0.15) is 104 Å². The van der Waals surface area contributed by atoms with Crippen LogP contribution in [0.5, 0.6) is 0 Å². The van der Waals surface area contributed by atoms with Crippen molar-refractivity contribution in [3.8, 4) is 0 Å². The lowest BCUT2D eigenvalue weighted by Gasteiger charge is -2.43. The fraction of sp³-hybridized carbons (Fsp3) is 1.00. The van der Waals surface area contributed by atoms with E-state index in [-0.39, 0.29) is 0 Å². The van der Waals surface area contributed by atoms with Crippen molar-refractivity contribution in [2.24, 2.45) is 0 Å². The lowest BCUT2D eigenvalue weighted by molar-refractivity contribution is 0.0112. The number of hydrogen-bond donors (Lipinski definition) is 1. The Morgan fingerprint density at radius 2 is 1.19 bits per heavy atom. The molecule has 0 aromatic rings. The summed E-state index contributed by atoms with van der Waals surface area (Å²) >= 11 is 0. The van der Waals surface area contributed by atoms with Gasteiger partial charge in [0.15, 0.2) is 0 Å². The maximum Gasteiger partial charge on any atom is 0.0246 e. The minimum absolute atomic E-state index is 0.712. The Bertz CT molecular complexity index is 230. The van der Waals surface area contributed by atoms with Gasteiger partial charge in [-0.25, -0.2) is 5.01 Å². The van der Waals surface area contributed by atoms with Gasteiger partial charge < -0.3 is 0 Å². The van der Waals surface area contributed by atoms with Gasteiger partial charge in [0.05, 0.1) is 0 Å². The molecule has 2 heteroatoms. The van der Waals surface area contributed by atoms with Gasteiger partial charge in [0.25, 0.3) is 0 Å². The molecule has 1 N–H and O–H groups in total. The highest BCUT2D eigenvalue weighted by molar-refractivity contribution is 4.83. The summed E-state index contributed by atoms with van der Waals surface area (Å²) in [4.78, 5) is 0. The number of hydrogen-bond acceptors (Lipinski definition) is 2. The highest BCUT2D eigenvalue weighted by Gasteiger charge is 2.30. The number of nitrogens with zero attached hydrogens (tertiary/aromatic N) is 1. The van der Waals surface area contributed by atoms with E-state index in [4.69, 9.17) is 0 Å². The average molecular weight is 295 g/mol. The zero-order valence-corrected chi connectivity index (χ0v) is 14.6. The van der Waals surface area contributed by atoms with Gasteiger partial charge in [-0.1, -0.05) is 65.2 Å². The monoisotopic (exact) mass is 294 g/mol. The summed E-state index contributed by atoms with van der Waals surface area (Å²) in [6.07, 6.45) is 19.7. The van der Waals surface area contributed by atoms with Crippen LogP contribution in [-0.2, 0) is 0 Å². The Labute approximate surface area is 133 Å². The largest absolute Gasteiger partial charge is 0.252 e. The van der Waals surface area contributed by atoms with Gasteiger partial charge in [-0.3, -0.25) is 5.43 Å². The molecule has 0 aromatic carbocycles. The van der Waals surface area contributed by atoms with E-state index in [1.165, 1.54) is 89.9 Å². The standard InChI is InChI=1S/C19H38N2/c1-3-11-17(12-4-2)20-21(18-13-7-5-8-14-18)19-15-9-6-10-16-19/h17-20H,3-16H2,1-2H3. The molecule has 0 aliphatic heterocycles. The Kier molecular flexibility index (Phi) is 8.10. The average Bonchev–Trinajstić information content (AvgIpc) is 2.54. The van der Waals surface area contributed by atoms with Crippen LogP contribution in [0.15, 0.2) is 0 Å². The first-order valence-electron chi connectivity index (χ1n) is 9.89. The second kappa shape index (κ2) is 9.84. The Morgan fingerprint density at radius 3 is 1.57 bits per heavy atom. The van der Waals surface area contributed by atoms with Crippen molar-refractivity contribution in [1.29, 1.82) is 0 Å². The van der Waals surface area contributed by atoms with Gasteiger partial charge >= 0.3 is 0 Å². The van der Waals surface area contributed by atoms with Gasteiger partial charge in [0.2, 0.25) is 0 Å². The van der Waals surface area contributed by atoms with Crippen LogP contribution in [0.4, 0.5) is 0 Å². The van der Waals surface area contributed by atoms with Crippen LogP contribution in [0.2, 0.25) is 0 Å². The molecule has 0 radical (unpaired) electrons. The van der Waals surface area contributed by atoms with Crippen LogP contribution < -0.4 is 5.43 Å². The molecule has 0 amide bonds. The van der Waals surface area contributed by atoms with Crippen molar-refractivity contribution in [1.82, 2.24) is 10.4 Å². The second-order valence-electron chi connectivity index (χ2n) is 7.39. The number of nitrogens with one attached hydrogen (secondary N) is 1. The second-order valence-corrected chi connectivity index (χ2v) is 7.39. The number of rotatable bonds is 8. The smallest absolute Gasteiger partial charge is 0.0246 e. The molecule has 0 bridgehead atoms. The normalized spacial score (nSPS) is 22.3. The van der Waals surface area contributed by atoms with Gasteiger partial charge in [-0.2, -0.15) is 0 Å². The molecule has 2 nitrogen and oxygen atoms in total. The van der Waals surface area contributed by atoms with E-state index in [0.29, 0.717) is 6.04 Å². The molecule has 2 rings (SSSR count). The first kappa shape index (κ1) is 17.3. The lowest BCUT2D eigenvalue weighted by atomic mass is 9.90. The van der Waals surface area contributed by atoms with Crippen molar-refractivity contribution in [2.45, 2.75) is 122 Å². The van der Waals surface area contributed by atoms with Crippen molar-refractivity contribution in [2.75, 3.05) is 0 Å². The molecule has 2 aliphatic rings. The molecule has 0 spiro atoms. The van der Waals surface area contributed by atoms with Crippen LogP contribution >= 0.6 is 0 Å². The van der Waals surface area contributed by atoms with E-state index in [2.05, 4.69) is 24.3 Å². The summed E-state index contributed by atoms with van der Waals surface area (Å²) in [5.41, 5.74) is 4.03. The first-order valence-corrected chi connectivity index (χ1v) is 9.89. The molecule has 0 aromatic heterocycles. The minimum atomic E-state index is 0.712. The van der Waals surface area contributed by atoms with Crippen molar-refractivity contribution in [3.63, 3.8) is 0 Å². The van der Waals surface area contributed by atoms with E-state index < -0.39 is 0 Å². The third-order valence-corrected chi connectivity index (χ3v) is 5.54. The fourth-order valence-electron chi connectivity index (χ4n) is 4.41. The Morgan fingerprint density at radius 1 is 0.762 bits per heavy atom. The molecule has 124 valence electrons. The quantitative estimate of drug-likeness (QED) is 0.601. The van der Waals surface area contributed by atoms with Crippen LogP contribution in [0.25, 0.3) is 0 Å². The molecule has 0 heterocycles. The molecule has 0 unspecified atom stereocenters. The zero-order chi connectivity index (χ0) is 14.9. The summed E-state index contributed by atoms with van der Waals surface area (Å²) < 4.78 is 0. The SMILES string of the molecule is CCCC(CCC)NN(C1CCCCC1)C1CCCCC1. The third-order valence-electron chi connectivity index (χ3n) is 5.54. The van der Waals surface area contributed by atoms with E-state index in [0.717, 1.165) is 12.1 Å². The van der Waals surface area contributed by atoms with Crippen molar-refractivity contribution in [3.05, 3.63) is 0 Å². The van der Waals surface area contributed by atoms with Crippen LogP contribution in [-0.4, -0.2) is 23.1 Å². The van der Waals surface area contributed by atoms with E-state index in [1.807, 2.05) is 0 Å². The molecule has 0 saturated heterocycles. The Balaban J connectivity index is 1.98. The molecule has 2 aliphatic carbocycles. The summed E-state index contributed by atoms with van der Waals surface area (Å²) in [5.74, 6) is 0. The highest BCUT2D eigenvalue weighted by atomic mass is 15.5. The lowest BCUT2D eigenvalue weighted by Crippen LogP contribution is -2.56. The van der Waals surface area contributed by atoms with Crippen molar-refractivity contribution >= 4 is 0 Å².